The maximum Gasteiger partial charge on any atom is 0.319 e. The van der Waals surface area contributed by atoms with Crippen LogP contribution in [0, 0.1) is 22.9 Å². The number of esters is 1. The largest absolute Gasteiger partial charge is 0.468 e. The second kappa shape index (κ2) is 9.00. The average Bonchev–Trinajstić information content (AvgIpc) is 2.73. The molecule has 1 atom stereocenters. The molecule has 31 heavy (non-hydrogen) atoms. The molecule has 0 fully saturated rings. The quantitative estimate of drug-likeness (QED) is 0.314. The number of aromatic amines is 1. The molecule has 0 aliphatic carbocycles. The van der Waals surface area contributed by atoms with Crippen molar-refractivity contribution in [3.8, 4) is 11.5 Å². The predicted octanol–water partition coefficient (Wildman–Crippen LogP) is 3.38. The highest BCUT2D eigenvalue weighted by molar-refractivity contribution is 9.10. The van der Waals surface area contributed by atoms with E-state index < -0.39 is 39.6 Å². The molecule has 0 saturated carbocycles. The van der Waals surface area contributed by atoms with E-state index in [-0.39, 0.29) is 22.6 Å². The van der Waals surface area contributed by atoms with E-state index in [0.29, 0.717) is 4.47 Å². The first-order valence-corrected chi connectivity index (χ1v) is 9.41. The van der Waals surface area contributed by atoms with Crippen LogP contribution in [-0.4, -0.2) is 33.2 Å². The summed E-state index contributed by atoms with van der Waals surface area (Å²) in [6, 6.07) is 4.82. The molecule has 160 valence electrons. The highest BCUT2D eigenvalue weighted by Gasteiger charge is 2.33. The Morgan fingerprint density at radius 3 is 2.68 bits per heavy atom. The fourth-order valence-corrected chi connectivity index (χ4v) is 3.13. The smallest absolute Gasteiger partial charge is 0.319 e. The summed E-state index contributed by atoms with van der Waals surface area (Å²) in [5.74, 6) is -4.14. The van der Waals surface area contributed by atoms with E-state index >= 15 is 4.39 Å². The molecule has 0 radical (unpaired) electrons. The fourth-order valence-electron chi connectivity index (χ4n) is 2.79. The van der Waals surface area contributed by atoms with Crippen LogP contribution in [0.5, 0.6) is 11.5 Å². The zero-order chi connectivity index (χ0) is 22.7. The van der Waals surface area contributed by atoms with E-state index in [4.69, 9.17) is 9.47 Å². The van der Waals surface area contributed by atoms with Gasteiger partial charge in [0.15, 0.2) is 5.82 Å². The summed E-state index contributed by atoms with van der Waals surface area (Å²) in [4.78, 5) is 38.6. The lowest BCUT2D eigenvalue weighted by Gasteiger charge is -2.17. The maximum atomic E-state index is 15.5. The summed E-state index contributed by atoms with van der Waals surface area (Å²) < 4.78 is 26.2. The minimum absolute atomic E-state index is 0.00762. The van der Waals surface area contributed by atoms with Gasteiger partial charge >= 0.3 is 11.7 Å². The molecule has 0 bridgehead atoms. The van der Waals surface area contributed by atoms with Gasteiger partial charge < -0.3 is 9.47 Å². The first-order chi connectivity index (χ1) is 14.7. The molecule has 1 aromatic carbocycles. The molecular formula is C19H14BrFN4O6. The monoisotopic (exact) mass is 492 g/mol. The number of nitrogens with zero attached hydrogens (tertiary/aromatic N) is 3. The van der Waals surface area contributed by atoms with Gasteiger partial charge in [0.05, 0.1) is 23.9 Å². The van der Waals surface area contributed by atoms with Gasteiger partial charge in [-0.25, -0.2) is 9.49 Å². The molecule has 10 nitrogen and oxygen atoms in total. The topological polar surface area (TPSA) is 137 Å². The molecule has 0 aliphatic rings. The third kappa shape index (κ3) is 4.58. The van der Waals surface area contributed by atoms with Crippen molar-refractivity contribution in [3.63, 3.8) is 0 Å². The van der Waals surface area contributed by atoms with Gasteiger partial charge in [0.25, 0.3) is 5.56 Å². The number of aromatic nitrogens is 3. The molecule has 1 unspecified atom stereocenters. The van der Waals surface area contributed by atoms with E-state index in [0.717, 1.165) is 19.2 Å². The predicted molar refractivity (Wildman–Crippen MR) is 109 cm³/mol. The van der Waals surface area contributed by atoms with Crippen molar-refractivity contribution < 1.29 is 23.6 Å². The molecule has 2 aromatic heterocycles. The first kappa shape index (κ1) is 22.0. The van der Waals surface area contributed by atoms with Crippen LogP contribution in [0.4, 0.5) is 10.1 Å². The maximum absolute atomic E-state index is 15.5. The Labute approximate surface area is 182 Å². The average molecular weight is 493 g/mol. The van der Waals surface area contributed by atoms with E-state index in [1.165, 1.54) is 31.5 Å². The van der Waals surface area contributed by atoms with Gasteiger partial charge in [-0.3, -0.25) is 24.7 Å². The van der Waals surface area contributed by atoms with Crippen LogP contribution in [0.2, 0.25) is 0 Å². The van der Waals surface area contributed by atoms with Gasteiger partial charge in [-0.2, -0.15) is 5.10 Å². The number of carbonyl (C=O) groups excluding carboxylic acids is 1. The number of methoxy groups -OCH3 is 1. The summed E-state index contributed by atoms with van der Waals surface area (Å²) in [7, 11) is 1.10. The zero-order valence-corrected chi connectivity index (χ0v) is 17.7. The minimum atomic E-state index is -1.41. The summed E-state index contributed by atoms with van der Waals surface area (Å²) in [5.41, 5.74) is -1.20. The van der Waals surface area contributed by atoms with Gasteiger partial charge in [0.2, 0.25) is 5.75 Å². The summed E-state index contributed by atoms with van der Waals surface area (Å²) in [5, 5.41) is 17.5. The number of H-pyrrole nitrogens is 1. The lowest BCUT2D eigenvalue weighted by molar-refractivity contribution is -0.385. The van der Waals surface area contributed by atoms with Gasteiger partial charge in [-0.1, -0.05) is 0 Å². The number of nitrogens with one attached hydrogen (secondary N) is 1. The summed E-state index contributed by atoms with van der Waals surface area (Å²) in [6.45, 7) is 1.49. The molecule has 12 heteroatoms. The number of pyridine rings is 1. The van der Waals surface area contributed by atoms with Crippen LogP contribution in [0.15, 0.2) is 45.9 Å². The molecule has 2 heterocycles. The summed E-state index contributed by atoms with van der Waals surface area (Å²) in [6.07, 6.45) is 2.69. The van der Waals surface area contributed by atoms with Crippen molar-refractivity contribution in [2.75, 3.05) is 7.11 Å². The second-order valence-electron chi connectivity index (χ2n) is 6.28. The highest BCUT2D eigenvalue weighted by Crippen LogP contribution is 2.39. The first-order valence-electron chi connectivity index (χ1n) is 8.62. The molecule has 0 spiro atoms. The van der Waals surface area contributed by atoms with Crippen molar-refractivity contribution in [2.24, 2.45) is 0 Å². The fraction of sp³-hybridized carbons (Fsp3) is 0.158. The third-order valence-corrected chi connectivity index (χ3v) is 4.69. The van der Waals surface area contributed by atoms with E-state index in [1.54, 1.807) is 0 Å². The lowest BCUT2D eigenvalue weighted by atomic mass is 9.93. The lowest BCUT2D eigenvalue weighted by Crippen LogP contribution is -2.22. The number of benzene rings is 1. The molecular weight excluding hydrogens is 479 g/mol. The number of nitro benzene ring substituents is 1. The van der Waals surface area contributed by atoms with Gasteiger partial charge in [-0.15, -0.1) is 0 Å². The van der Waals surface area contributed by atoms with Gasteiger partial charge in [0.1, 0.15) is 11.7 Å². The van der Waals surface area contributed by atoms with Crippen molar-refractivity contribution in [3.05, 3.63) is 84.2 Å². The van der Waals surface area contributed by atoms with Crippen molar-refractivity contribution in [1.82, 2.24) is 15.2 Å². The Morgan fingerprint density at radius 1 is 1.32 bits per heavy atom. The van der Waals surface area contributed by atoms with E-state index in [2.05, 4.69) is 31.1 Å². The SMILES string of the molecule is COC(=O)C(c1cc(C)c(=O)[nH]n1)c1ccc([N+](=O)[O-])c(Oc2cncc(Br)c2)c1F. The standard InChI is InChI=1S/C19H14BrFN4O6/c1-9-5-13(23-24-18(9)26)15(19(27)30-2)12-3-4-14(25(28)29)17(16(12)21)31-11-6-10(20)7-22-8-11/h3-8,15H,1-2H3,(H,24,26). The Morgan fingerprint density at radius 2 is 2.06 bits per heavy atom. The summed E-state index contributed by atoms with van der Waals surface area (Å²) >= 11 is 3.18. The molecule has 1 N–H and O–H groups in total. The third-order valence-electron chi connectivity index (χ3n) is 4.26. The minimum Gasteiger partial charge on any atom is -0.468 e. The van der Waals surface area contributed by atoms with Crippen LogP contribution in [0.25, 0.3) is 0 Å². The molecule has 0 aliphatic heterocycles. The van der Waals surface area contributed by atoms with Crippen molar-refractivity contribution in [2.45, 2.75) is 12.8 Å². The van der Waals surface area contributed by atoms with Gasteiger partial charge in [-0.05, 0) is 41.1 Å². The van der Waals surface area contributed by atoms with E-state index in [9.17, 15) is 19.7 Å². The van der Waals surface area contributed by atoms with Crippen LogP contribution in [-0.2, 0) is 9.53 Å². The van der Waals surface area contributed by atoms with Crippen molar-refractivity contribution in [1.29, 1.82) is 0 Å². The van der Waals surface area contributed by atoms with Crippen LogP contribution in [0.3, 0.4) is 0 Å². The second-order valence-corrected chi connectivity index (χ2v) is 7.19. The zero-order valence-electron chi connectivity index (χ0n) is 16.1. The molecule has 3 rings (SSSR count). The normalized spacial score (nSPS) is 11.6. The van der Waals surface area contributed by atoms with Crippen LogP contribution in [0.1, 0.15) is 22.7 Å². The Balaban J connectivity index is 2.20. The number of halogens is 2. The number of rotatable bonds is 6. The number of hydrogen-bond acceptors (Lipinski definition) is 8. The van der Waals surface area contributed by atoms with E-state index in [1.807, 2.05) is 0 Å². The van der Waals surface area contributed by atoms with Crippen LogP contribution < -0.4 is 10.3 Å². The number of nitro groups is 1. The number of carbonyl (C=O) groups is 1. The Hall–Kier alpha value is -3.67. The molecule has 0 amide bonds. The molecule has 3 aromatic rings. The Bertz CT molecular complexity index is 1230. The number of ether oxygens (including phenoxy) is 2. The number of hydrogen-bond donors (Lipinski definition) is 1. The van der Waals surface area contributed by atoms with Crippen LogP contribution >= 0.6 is 15.9 Å². The number of aryl methyl sites for hydroxylation is 1. The van der Waals surface area contributed by atoms with Gasteiger partial charge in [0, 0.05) is 27.9 Å². The Kier molecular flexibility index (Phi) is 6.39. The molecule has 0 saturated heterocycles. The van der Waals surface area contributed by atoms with Crippen molar-refractivity contribution >= 4 is 27.6 Å². The highest BCUT2D eigenvalue weighted by atomic mass is 79.9.